The molecule has 108 valence electrons. The van der Waals surface area contributed by atoms with Crippen LogP contribution in [0, 0.1) is 13.8 Å². The molecule has 0 aromatic carbocycles. The number of rotatable bonds is 6. The Bertz CT molecular complexity index is 585. The highest BCUT2D eigenvalue weighted by Gasteiger charge is 2.12. The van der Waals surface area contributed by atoms with Gasteiger partial charge in [-0.25, -0.2) is 4.68 Å². The molecule has 0 saturated carbocycles. The molecule has 0 fully saturated rings. The number of nitrogens with two attached hydrogens (primary N) is 1. The maximum absolute atomic E-state index is 5.52. The van der Waals surface area contributed by atoms with Crippen LogP contribution < -0.4 is 10.5 Å². The Labute approximate surface area is 121 Å². The molecule has 2 rings (SSSR count). The highest BCUT2D eigenvalue weighted by molar-refractivity contribution is 7.98. The second kappa shape index (κ2) is 6.67. The number of ether oxygens (including phenoxy) is 1. The number of hydrogen-bond acceptors (Lipinski definition) is 7. The van der Waals surface area contributed by atoms with Crippen LogP contribution in [-0.2, 0) is 12.3 Å². The molecule has 0 aliphatic heterocycles. The first-order valence-electron chi connectivity index (χ1n) is 6.25. The van der Waals surface area contributed by atoms with Gasteiger partial charge in [-0.1, -0.05) is 11.8 Å². The summed E-state index contributed by atoms with van der Waals surface area (Å²) in [6.07, 6.45) is 1.82. The van der Waals surface area contributed by atoms with Gasteiger partial charge in [-0.15, -0.1) is 5.10 Å². The van der Waals surface area contributed by atoms with E-state index in [1.807, 2.05) is 20.0 Å². The van der Waals surface area contributed by atoms with Crippen molar-refractivity contribution in [3.05, 3.63) is 23.0 Å². The van der Waals surface area contributed by atoms with E-state index < -0.39 is 0 Å². The van der Waals surface area contributed by atoms with E-state index in [2.05, 4.69) is 20.5 Å². The summed E-state index contributed by atoms with van der Waals surface area (Å²) in [5.74, 6) is 1.57. The van der Waals surface area contributed by atoms with Gasteiger partial charge in [0.2, 0.25) is 5.16 Å². The van der Waals surface area contributed by atoms with Crippen LogP contribution in [0.15, 0.2) is 11.4 Å². The second-order valence-electron chi connectivity index (χ2n) is 4.31. The van der Waals surface area contributed by atoms with Crippen LogP contribution in [0.3, 0.4) is 0 Å². The quantitative estimate of drug-likeness (QED) is 0.793. The SMILES string of the molecule is COc1c(C)cnc(CSc2nnnn2CCN)c1C. The third-order valence-electron chi connectivity index (χ3n) is 2.93. The minimum absolute atomic E-state index is 0.508. The first kappa shape index (κ1) is 14.7. The van der Waals surface area contributed by atoms with Crippen LogP contribution in [-0.4, -0.2) is 38.8 Å². The predicted molar refractivity (Wildman–Crippen MR) is 76.7 cm³/mol. The molecule has 0 spiro atoms. The molecule has 0 unspecified atom stereocenters. The number of thioether (sulfide) groups is 1. The van der Waals surface area contributed by atoms with E-state index in [0.29, 0.717) is 18.8 Å². The number of tetrazole rings is 1. The minimum Gasteiger partial charge on any atom is -0.496 e. The predicted octanol–water partition coefficient (Wildman–Crippen LogP) is 0.945. The smallest absolute Gasteiger partial charge is 0.209 e. The van der Waals surface area contributed by atoms with Gasteiger partial charge < -0.3 is 10.5 Å². The summed E-state index contributed by atoms with van der Waals surface area (Å²) in [6, 6.07) is 0. The van der Waals surface area contributed by atoms with Crippen LogP contribution in [0.2, 0.25) is 0 Å². The van der Waals surface area contributed by atoms with Gasteiger partial charge in [0.25, 0.3) is 0 Å². The summed E-state index contributed by atoms with van der Waals surface area (Å²) in [6.45, 7) is 5.11. The number of methoxy groups -OCH3 is 1. The van der Waals surface area contributed by atoms with Crippen molar-refractivity contribution < 1.29 is 4.74 Å². The highest BCUT2D eigenvalue weighted by atomic mass is 32.2. The zero-order valence-electron chi connectivity index (χ0n) is 11.8. The Morgan fingerprint density at radius 2 is 2.20 bits per heavy atom. The first-order chi connectivity index (χ1) is 9.67. The number of aryl methyl sites for hydroxylation is 1. The third kappa shape index (κ3) is 3.07. The Morgan fingerprint density at radius 3 is 2.90 bits per heavy atom. The second-order valence-corrected chi connectivity index (χ2v) is 5.25. The minimum atomic E-state index is 0.508. The monoisotopic (exact) mass is 294 g/mol. The van der Waals surface area contributed by atoms with Gasteiger partial charge in [0.1, 0.15) is 5.75 Å². The lowest BCUT2D eigenvalue weighted by Crippen LogP contribution is -2.12. The van der Waals surface area contributed by atoms with Crippen LogP contribution in [0.5, 0.6) is 5.75 Å². The lowest BCUT2D eigenvalue weighted by Gasteiger charge is -2.11. The van der Waals surface area contributed by atoms with Crippen molar-refractivity contribution in [2.75, 3.05) is 13.7 Å². The Balaban J connectivity index is 2.13. The van der Waals surface area contributed by atoms with Crippen molar-refractivity contribution >= 4 is 11.8 Å². The lowest BCUT2D eigenvalue weighted by atomic mass is 10.1. The summed E-state index contributed by atoms with van der Waals surface area (Å²) in [5.41, 5.74) is 8.58. The molecule has 20 heavy (non-hydrogen) atoms. The van der Waals surface area contributed by atoms with Crippen LogP contribution in [0.25, 0.3) is 0 Å². The van der Waals surface area contributed by atoms with Gasteiger partial charge in [0.15, 0.2) is 0 Å². The van der Waals surface area contributed by atoms with Crippen LogP contribution in [0.4, 0.5) is 0 Å². The number of hydrogen-bond donors (Lipinski definition) is 1. The summed E-state index contributed by atoms with van der Waals surface area (Å²) in [7, 11) is 1.67. The Kier molecular flexibility index (Phi) is 4.91. The molecule has 0 atom stereocenters. The number of nitrogens with zero attached hydrogens (tertiary/aromatic N) is 5. The zero-order valence-corrected chi connectivity index (χ0v) is 12.6. The average Bonchev–Trinajstić information content (AvgIpc) is 2.86. The molecule has 2 N–H and O–H groups in total. The first-order valence-corrected chi connectivity index (χ1v) is 7.24. The Morgan fingerprint density at radius 1 is 1.40 bits per heavy atom. The van der Waals surface area contributed by atoms with Crippen molar-refractivity contribution in [1.29, 1.82) is 0 Å². The van der Waals surface area contributed by atoms with Gasteiger partial charge in [-0.2, -0.15) is 0 Å². The van der Waals surface area contributed by atoms with Crippen LogP contribution >= 0.6 is 11.8 Å². The van der Waals surface area contributed by atoms with Gasteiger partial charge in [-0.05, 0) is 24.3 Å². The fourth-order valence-corrected chi connectivity index (χ4v) is 2.84. The van der Waals surface area contributed by atoms with E-state index in [4.69, 9.17) is 10.5 Å². The molecule has 7 nitrogen and oxygen atoms in total. The summed E-state index contributed by atoms with van der Waals surface area (Å²) >= 11 is 1.54. The fraction of sp³-hybridized carbons (Fsp3) is 0.500. The molecule has 0 saturated heterocycles. The van der Waals surface area contributed by atoms with E-state index in [9.17, 15) is 0 Å². The molecule has 0 radical (unpaired) electrons. The lowest BCUT2D eigenvalue weighted by molar-refractivity contribution is 0.407. The largest absolute Gasteiger partial charge is 0.496 e. The molecule has 8 heteroatoms. The molecule has 0 amide bonds. The van der Waals surface area contributed by atoms with E-state index in [1.165, 1.54) is 11.8 Å². The van der Waals surface area contributed by atoms with Gasteiger partial charge >= 0.3 is 0 Å². The summed E-state index contributed by atoms with van der Waals surface area (Å²) in [5, 5.41) is 12.3. The number of pyridine rings is 1. The molecule has 0 aliphatic rings. The zero-order chi connectivity index (χ0) is 14.5. The summed E-state index contributed by atoms with van der Waals surface area (Å²) < 4.78 is 7.10. The van der Waals surface area contributed by atoms with E-state index in [0.717, 1.165) is 27.7 Å². The number of aromatic nitrogens is 5. The molecular weight excluding hydrogens is 276 g/mol. The normalized spacial score (nSPS) is 10.8. The average molecular weight is 294 g/mol. The van der Waals surface area contributed by atoms with Crippen molar-refractivity contribution in [3.63, 3.8) is 0 Å². The summed E-state index contributed by atoms with van der Waals surface area (Å²) in [4.78, 5) is 4.46. The van der Waals surface area contributed by atoms with E-state index >= 15 is 0 Å². The van der Waals surface area contributed by atoms with Gasteiger partial charge in [0, 0.05) is 29.6 Å². The molecule has 2 aromatic heterocycles. The van der Waals surface area contributed by atoms with Gasteiger partial charge in [0.05, 0.1) is 19.3 Å². The molecule has 2 heterocycles. The molecule has 0 bridgehead atoms. The molecule has 2 aromatic rings. The Hall–Kier alpha value is -1.67. The van der Waals surface area contributed by atoms with Crippen LogP contribution in [0.1, 0.15) is 16.8 Å². The van der Waals surface area contributed by atoms with Crippen molar-refractivity contribution in [3.8, 4) is 5.75 Å². The highest BCUT2D eigenvalue weighted by Crippen LogP contribution is 2.28. The van der Waals surface area contributed by atoms with E-state index in [-0.39, 0.29) is 0 Å². The maximum atomic E-state index is 5.52. The van der Waals surface area contributed by atoms with Gasteiger partial charge in [-0.3, -0.25) is 4.98 Å². The fourth-order valence-electron chi connectivity index (χ4n) is 1.91. The van der Waals surface area contributed by atoms with Crippen molar-refractivity contribution in [1.82, 2.24) is 25.2 Å². The third-order valence-corrected chi connectivity index (χ3v) is 3.90. The molecular formula is C12H18N6OS. The van der Waals surface area contributed by atoms with E-state index in [1.54, 1.807) is 11.8 Å². The molecule has 0 aliphatic carbocycles. The maximum Gasteiger partial charge on any atom is 0.209 e. The van der Waals surface area contributed by atoms with Crippen molar-refractivity contribution in [2.45, 2.75) is 31.3 Å². The topological polar surface area (TPSA) is 91.7 Å². The standard InChI is InChI=1S/C12H18N6OS/c1-8-6-14-10(9(2)11(8)19-3)7-20-12-15-16-17-18(12)5-4-13/h6H,4-5,7,13H2,1-3H3. The van der Waals surface area contributed by atoms with Crippen molar-refractivity contribution in [2.24, 2.45) is 5.73 Å².